The smallest absolute Gasteiger partial charge is 0.138 e. The maximum Gasteiger partial charge on any atom is 0.138 e. The summed E-state index contributed by atoms with van der Waals surface area (Å²) < 4.78 is 1.97. The molecule has 17 heavy (non-hydrogen) atoms. The maximum absolute atomic E-state index is 10.1. The van der Waals surface area contributed by atoms with Crippen molar-refractivity contribution in [1.29, 1.82) is 0 Å². The molecule has 0 amide bonds. The van der Waals surface area contributed by atoms with Crippen LogP contribution in [-0.2, 0) is 0 Å². The van der Waals surface area contributed by atoms with Gasteiger partial charge in [0.15, 0.2) is 0 Å². The molecule has 0 bridgehead atoms. The van der Waals surface area contributed by atoms with Crippen molar-refractivity contribution in [2.24, 2.45) is 0 Å². The summed E-state index contributed by atoms with van der Waals surface area (Å²) >= 11 is 0. The maximum atomic E-state index is 10.1. The Morgan fingerprint density at radius 1 is 1.47 bits per heavy atom. The van der Waals surface area contributed by atoms with E-state index in [1.807, 2.05) is 35.7 Å². The molecular formula is C13H19N3O. The number of rotatable bonds is 5. The number of anilines is 1. The second kappa shape index (κ2) is 4.75. The van der Waals surface area contributed by atoms with Crippen LogP contribution in [0.2, 0.25) is 0 Å². The first-order valence-corrected chi connectivity index (χ1v) is 6.01. The lowest BCUT2D eigenvalue weighted by Gasteiger charge is -2.23. The van der Waals surface area contributed by atoms with Gasteiger partial charge in [-0.1, -0.05) is 19.4 Å². The van der Waals surface area contributed by atoms with Crippen LogP contribution in [-0.4, -0.2) is 26.6 Å². The third-order valence-corrected chi connectivity index (χ3v) is 2.87. The molecule has 0 radical (unpaired) electrons. The molecule has 4 nitrogen and oxygen atoms in total. The van der Waals surface area contributed by atoms with Crippen molar-refractivity contribution in [2.75, 3.05) is 11.9 Å². The van der Waals surface area contributed by atoms with Crippen LogP contribution in [0.1, 0.15) is 26.7 Å². The fraction of sp³-hybridized carbons (Fsp3) is 0.462. The third-order valence-electron chi connectivity index (χ3n) is 2.87. The van der Waals surface area contributed by atoms with Crippen LogP contribution in [0.25, 0.3) is 5.65 Å². The fourth-order valence-corrected chi connectivity index (χ4v) is 2.00. The van der Waals surface area contributed by atoms with E-state index < -0.39 is 5.60 Å². The molecule has 0 aliphatic carbocycles. The summed E-state index contributed by atoms with van der Waals surface area (Å²) in [4.78, 5) is 4.22. The fourth-order valence-electron chi connectivity index (χ4n) is 2.00. The minimum atomic E-state index is -0.669. The van der Waals surface area contributed by atoms with Crippen LogP contribution >= 0.6 is 0 Å². The SMILES string of the molecule is CCCC(C)(O)CNc1cccc2nccn12. The molecule has 0 aliphatic heterocycles. The Labute approximate surface area is 101 Å². The first kappa shape index (κ1) is 11.9. The molecule has 0 saturated heterocycles. The van der Waals surface area contributed by atoms with Crippen LogP contribution in [0.15, 0.2) is 30.6 Å². The van der Waals surface area contributed by atoms with E-state index in [2.05, 4.69) is 17.2 Å². The molecule has 0 aliphatic rings. The highest BCUT2D eigenvalue weighted by atomic mass is 16.3. The van der Waals surface area contributed by atoms with E-state index in [9.17, 15) is 5.11 Å². The molecule has 2 heterocycles. The highest BCUT2D eigenvalue weighted by molar-refractivity contribution is 5.49. The number of hydrogen-bond donors (Lipinski definition) is 2. The van der Waals surface area contributed by atoms with E-state index in [0.29, 0.717) is 6.54 Å². The van der Waals surface area contributed by atoms with Crippen LogP contribution in [0.4, 0.5) is 5.82 Å². The van der Waals surface area contributed by atoms with Crippen LogP contribution < -0.4 is 5.32 Å². The Bertz CT molecular complexity index is 490. The summed E-state index contributed by atoms with van der Waals surface area (Å²) in [6.07, 6.45) is 5.45. The zero-order valence-electron chi connectivity index (χ0n) is 10.3. The van der Waals surface area contributed by atoms with Crippen molar-refractivity contribution in [3.8, 4) is 0 Å². The number of fused-ring (bicyclic) bond motifs is 1. The summed E-state index contributed by atoms with van der Waals surface area (Å²) in [5.74, 6) is 0.955. The van der Waals surface area contributed by atoms with E-state index in [1.165, 1.54) is 0 Å². The van der Waals surface area contributed by atoms with E-state index in [0.717, 1.165) is 24.3 Å². The van der Waals surface area contributed by atoms with E-state index in [4.69, 9.17) is 0 Å². The lowest BCUT2D eigenvalue weighted by atomic mass is 10.0. The number of hydrogen-bond acceptors (Lipinski definition) is 3. The monoisotopic (exact) mass is 233 g/mol. The first-order chi connectivity index (χ1) is 8.12. The van der Waals surface area contributed by atoms with Gasteiger partial charge in [-0.15, -0.1) is 0 Å². The Hall–Kier alpha value is -1.55. The summed E-state index contributed by atoms with van der Waals surface area (Å²) in [6, 6.07) is 5.89. The molecule has 1 unspecified atom stereocenters. The van der Waals surface area contributed by atoms with Crippen molar-refractivity contribution in [2.45, 2.75) is 32.3 Å². The Balaban J connectivity index is 2.11. The van der Waals surface area contributed by atoms with Gasteiger partial charge in [-0.3, -0.25) is 4.40 Å². The lowest BCUT2D eigenvalue weighted by molar-refractivity contribution is 0.0636. The largest absolute Gasteiger partial charge is 0.388 e. The van der Waals surface area contributed by atoms with Gasteiger partial charge < -0.3 is 10.4 Å². The standard InChI is InChI=1S/C13H19N3O/c1-3-7-13(2,17)10-15-12-6-4-5-11-14-8-9-16(11)12/h4-6,8-9,15,17H,3,7,10H2,1-2H3. The summed E-state index contributed by atoms with van der Waals surface area (Å²) in [5.41, 5.74) is 0.238. The average Bonchev–Trinajstić information content (AvgIpc) is 2.74. The van der Waals surface area contributed by atoms with Gasteiger partial charge >= 0.3 is 0 Å². The number of pyridine rings is 1. The summed E-state index contributed by atoms with van der Waals surface area (Å²) in [5, 5.41) is 13.4. The van der Waals surface area contributed by atoms with Gasteiger partial charge in [-0.25, -0.2) is 4.98 Å². The quantitative estimate of drug-likeness (QED) is 0.833. The topological polar surface area (TPSA) is 49.6 Å². The number of nitrogens with one attached hydrogen (secondary N) is 1. The molecule has 2 aromatic heterocycles. The van der Waals surface area contributed by atoms with Gasteiger partial charge in [0.1, 0.15) is 11.5 Å². The Kier molecular flexibility index (Phi) is 3.33. The normalized spacial score (nSPS) is 14.8. The molecular weight excluding hydrogens is 214 g/mol. The van der Waals surface area contributed by atoms with Crippen molar-refractivity contribution in [3.63, 3.8) is 0 Å². The molecule has 0 saturated carbocycles. The molecule has 0 spiro atoms. The number of aromatic nitrogens is 2. The van der Waals surface area contributed by atoms with Gasteiger partial charge in [-0.05, 0) is 25.5 Å². The van der Waals surface area contributed by atoms with Gasteiger partial charge in [0.2, 0.25) is 0 Å². The molecule has 2 rings (SSSR count). The van der Waals surface area contributed by atoms with E-state index >= 15 is 0 Å². The Morgan fingerprint density at radius 3 is 3.06 bits per heavy atom. The molecule has 92 valence electrons. The second-order valence-electron chi connectivity index (χ2n) is 4.67. The predicted molar refractivity (Wildman–Crippen MR) is 69.2 cm³/mol. The molecule has 0 fully saturated rings. The first-order valence-electron chi connectivity index (χ1n) is 6.01. The van der Waals surface area contributed by atoms with Gasteiger partial charge in [0.05, 0.1) is 5.60 Å². The third kappa shape index (κ3) is 2.77. The van der Waals surface area contributed by atoms with Crippen LogP contribution in [0, 0.1) is 0 Å². The minimum absolute atomic E-state index is 0.540. The summed E-state index contributed by atoms with van der Waals surface area (Å²) in [6.45, 7) is 4.47. The van der Waals surface area contributed by atoms with Gasteiger partial charge in [-0.2, -0.15) is 0 Å². The van der Waals surface area contributed by atoms with E-state index in [1.54, 1.807) is 6.20 Å². The highest BCUT2D eigenvalue weighted by Gasteiger charge is 2.18. The summed E-state index contributed by atoms with van der Waals surface area (Å²) in [7, 11) is 0. The van der Waals surface area contributed by atoms with Crippen LogP contribution in [0.5, 0.6) is 0 Å². The molecule has 2 N–H and O–H groups in total. The zero-order chi connectivity index (χ0) is 12.3. The van der Waals surface area contributed by atoms with Crippen molar-refractivity contribution in [1.82, 2.24) is 9.38 Å². The number of imidazole rings is 1. The van der Waals surface area contributed by atoms with E-state index in [-0.39, 0.29) is 0 Å². The molecule has 4 heteroatoms. The molecule has 2 aromatic rings. The number of aliphatic hydroxyl groups is 1. The van der Waals surface area contributed by atoms with Crippen molar-refractivity contribution >= 4 is 11.5 Å². The molecule has 0 aromatic carbocycles. The second-order valence-corrected chi connectivity index (χ2v) is 4.67. The van der Waals surface area contributed by atoms with Crippen molar-refractivity contribution < 1.29 is 5.11 Å². The Morgan fingerprint density at radius 2 is 2.29 bits per heavy atom. The minimum Gasteiger partial charge on any atom is -0.388 e. The van der Waals surface area contributed by atoms with Gasteiger partial charge in [0, 0.05) is 18.9 Å². The zero-order valence-corrected chi connectivity index (χ0v) is 10.3. The predicted octanol–water partition coefficient (Wildman–Crippen LogP) is 2.30. The van der Waals surface area contributed by atoms with Gasteiger partial charge in [0.25, 0.3) is 0 Å². The highest BCUT2D eigenvalue weighted by Crippen LogP contribution is 2.15. The average molecular weight is 233 g/mol. The van der Waals surface area contributed by atoms with Crippen molar-refractivity contribution in [3.05, 3.63) is 30.6 Å². The van der Waals surface area contributed by atoms with Crippen LogP contribution in [0.3, 0.4) is 0 Å². The molecule has 1 atom stereocenters. The number of nitrogens with zero attached hydrogens (tertiary/aromatic N) is 2. The lowest BCUT2D eigenvalue weighted by Crippen LogP contribution is -2.33.